The summed E-state index contributed by atoms with van der Waals surface area (Å²) in [6, 6.07) is 7.13. The first-order valence-corrected chi connectivity index (χ1v) is 10.0. The molecule has 1 aliphatic rings. The number of aryl methyl sites for hydroxylation is 1. The number of nitrogens with zero attached hydrogens (tertiary/aromatic N) is 8. The number of imidazole rings is 2. The Labute approximate surface area is 181 Å². The normalized spacial score (nSPS) is 15.8. The Balaban J connectivity index is 1.40. The molecule has 1 aliphatic heterocycles. The predicted molar refractivity (Wildman–Crippen MR) is 111 cm³/mol. The summed E-state index contributed by atoms with van der Waals surface area (Å²) in [6.45, 7) is 0.427. The van der Waals surface area contributed by atoms with E-state index in [0.29, 0.717) is 30.2 Å². The van der Waals surface area contributed by atoms with Crippen molar-refractivity contribution in [3.8, 4) is 11.6 Å². The summed E-state index contributed by atoms with van der Waals surface area (Å²) in [5.41, 5.74) is 2.96. The summed E-state index contributed by atoms with van der Waals surface area (Å²) in [5, 5.41) is 8.89. The fourth-order valence-corrected chi connectivity index (χ4v) is 3.93. The van der Waals surface area contributed by atoms with E-state index in [9.17, 15) is 4.79 Å². The molecular weight excluding hydrogens is 410 g/mol. The smallest absolute Gasteiger partial charge is 0.312 e. The van der Waals surface area contributed by atoms with Crippen molar-refractivity contribution in [2.45, 2.75) is 12.5 Å². The number of hydrogen-bond donors (Lipinski definition) is 1. The van der Waals surface area contributed by atoms with Gasteiger partial charge in [-0.1, -0.05) is 18.2 Å². The molecule has 5 aromatic rings. The van der Waals surface area contributed by atoms with Gasteiger partial charge in [-0.2, -0.15) is 0 Å². The van der Waals surface area contributed by atoms with E-state index in [0.717, 1.165) is 16.6 Å². The summed E-state index contributed by atoms with van der Waals surface area (Å²) in [6.07, 6.45) is 7.36. The second kappa shape index (κ2) is 7.08. The first-order valence-electron chi connectivity index (χ1n) is 10.0. The number of carbonyl (C=O) groups excluding carboxylic acids is 1. The molecule has 0 saturated heterocycles. The maximum absolute atomic E-state index is 13.4. The van der Waals surface area contributed by atoms with E-state index in [1.807, 2.05) is 31.3 Å². The van der Waals surface area contributed by atoms with Crippen LogP contribution in [-0.4, -0.2) is 57.0 Å². The molecule has 5 heterocycles. The van der Waals surface area contributed by atoms with Crippen LogP contribution in [-0.2, 0) is 13.5 Å². The molecule has 0 aliphatic carbocycles. The van der Waals surface area contributed by atoms with Gasteiger partial charge >= 0.3 is 11.8 Å². The lowest BCUT2D eigenvalue weighted by molar-refractivity contribution is 0.0643. The zero-order valence-electron chi connectivity index (χ0n) is 17.0. The Bertz CT molecular complexity index is 1450. The van der Waals surface area contributed by atoms with Crippen LogP contribution in [0.1, 0.15) is 33.9 Å². The van der Waals surface area contributed by atoms with E-state index in [-0.39, 0.29) is 11.8 Å². The highest BCUT2D eigenvalue weighted by molar-refractivity contribution is 5.90. The van der Waals surface area contributed by atoms with Crippen LogP contribution in [0, 0.1) is 0 Å². The van der Waals surface area contributed by atoms with Crippen molar-refractivity contribution < 1.29 is 9.21 Å². The lowest BCUT2D eigenvalue weighted by atomic mass is 10.0. The Kier molecular flexibility index (Phi) is 4.06. The molecule has 4 aromatic heterocycles. The number of nitrogens with one attached hydrogen (secondary N) is 1. The molecule has 6 rings (SSSR count). The average molecular weight is 427 g/mol. The monoisotopic (exact) mass is 427 g/mol. The topological polar surface area (TPSA) is 132 Å². The third kappa shape index (κ3) is 2.94. The van der Waals surface area contributed by atoms with E-state index in [4.69, 9.17) is 9.40 Å². The van der Waals surface area contributed by atoms with Gasteiger partial charge in [0.05, 0.1) is 23.9 Å². The number of amides is 1. The van der Waals surface area contributed by atoms with Gasteiger partial charge in [0.2, 0.25) is 0 Å². The van der Waals surface area contributed by atoms with Crippen molar-refractivity contribution in [3.05, 3.63) is 72.4 Å². The Morgan fingerprint density at radius 1 is 1.19 bits per heavy atom. The molecule has 0 radical (unpaired) electrons. The Morgan fingerprint density at radius 2 is 2.09 bits per heavy atom. The van der Waals surface area contributed by atoms with Crippen LogP contribution in [0.15, 0.2) is 53.7 Å². The number of benzene rings is 1. The highest BCUT2D eigenvalue weighted by Crippen LogP contribution is 2.33. The molecule has 0 bridgehead atoms. The first kappa shape index (κ1) is 18.4. The molecule has 1 N–H and O–H groups in total. The molecule has 0 spiro atoms. The van der Waals surface area contributed by atoms with Crippen LogP contribution >= 0.6 is 0 Å². The van der Waals surface area contributed by atoms with E-state index in [2.05, 4.69) is 30.1 Å². The third-order valence-electron chi connectivity index (χ3n) is 5.47. The van der Waals surface area contributed by atoms with Gasteiger partial charge in [-0.3, -0.25) is 4.79 Å². The second-order valence-electron chi connectivity index (χ2n) is 7.54. The molecule has 32 heavy (non-hydrogen) atoms. The average Bonchev–Trinajstić information content (AvgIpc) is 3.58. The Morgan fingerprint density at radius 3 is 2.97 bits per heavy atom. The predicted octanol–water partition coefficient (Wildman–Crippen LogP) is 1.92. The van der Waals surface area contributed by atoms with Crippen LogP contribution in [0.5, 0.6) is 0 Å². The van der Waals surface area contributed by atoms with Gasteiger partial charge < -0.3 is 18.9 Å². The molecule has 158 valence electrons. The molecule has 0 unspecified atom stereocenters. The fraction of sp³-hybridized carbons (Fsp3) is 0.190. The summed E-state index contributed by atoms with van der Waals surface area (Å²) in [7, 11) is 1.84. The minimum Gasteiger partial charge on any atom is -0.411 e. The Hall–Kier alpha value is -4.41. The van der Waals surface area contributed by atoms with Crippen LogP contribution < -0.4 is 0 Å². The van der Waals surface area contributed by atoms with Crippen molar-refractivity contribution in [2.24, 2.45) is 7.05 Å². The molecule has 11 nitrogen and oxygen atoms in total. The molecule has 1 atom stereocenters. The molecule has 0 fully saturated rings. The third-order valence-corrected chi connectivity index (χ3v) is 5.47. The minimum absolute atomic E-state index is 0.115. The van der Waals surface area contributed by atoms with Crippen molar-refractivity contribution in [3.63, 3.8) is 0 Å². The van der Waals surface area contributed by atoms with Gasteiger partial charge in [0, 0.05) is 43.5 Å². The quantitative estimate of drug-likeness (QED) is 0.462. The number of H-pyrrole nitrogens is 1. The van der Waals surface area contributed by atoms with Crippen LogP contribution in [0.25, 0.3) is 22.5 Å². The lowest BCUT2D eigenvalue weighted by Crippen LogP contribution is -2.41. The maximum Gasteiger partial charge on any atom is 0.312 e. The van der Waals surface area contributed by atoms with Gasteiger partial charge in [-0.15, -0.1) is 10.2 Å². The van der Waals surface area contributed by atoms with Crippen molar-refractivity contribution in [1.82, 2.24) is 44.6 Å². The van der Waals surface area contributed by atoms with E-state index in [1.165, 1.54) is 0 Å². The fourth-order valence-electron chi connectivity index (χ4n) is 3.93. The molecular formula is C21H17N9O2. The number of para-hydroxylation sites is 1. The van der Waals surface area contributed by atoms with Gasteiger partial charge in [0.15, 0.2) is 5.82 Å². The molecule has 11 heteroatoms. The van der Waals surface area contributed by atoms with Gasteiger partial charge in [-0.05, 0) is 6.07 Å². The van der Waals surface area contributed by atoms with Crippen molar-refractivity contribution >= 4 is 16.8 Å². The van der Waals surface area contributed by atoms with Gasteiger partial charge in [-0.25, -0.2) is 19.9 Å². The SMILES string of the molecule is Cn1cnc(-c2nnc(C(=O)N3CCc4[nH]cnc4[C@@H]3c3ncc4ccccc4n3)o2)c1. The largest absolute Gasteiger partial charge is 0.411 e. The number of fused-ring (bicyclic) bond motifs is 2. The van der Waals surface area contributed by atoms with Gasteiger partial charge in [0.25, 0.3) is 5.89 Å². The minimum atomic E-state index is -0.577. The number of aromatic amines is 1. The maximum atomic E-state index is 13.4. The number of aromatic nitrogens is 8. The van der Waals surface area contributed by atoms with Gasteiger partial charge in [0.1, 0.15) is 11.7 Å². The number of hydrogen-bond acceptors (Lipinski definition) is 8. The molecule has 0 saturated carbocycles. The number of carbonyl (C=O) groups is 1. The molecule has 1 aromatic carbocycles. The van der Waals surface area contributed by atoms with Crippen molar-refractivity contribution in [1.29, 1.82) is 0 Å². The highest BCUT2D eigenvalue weighted by atomic mass is 16.4. The van der Waals surface area contributed by atoms with Crippen molar-refractivity contribution in [2.75, 3.05) is 6.54 Å². The number of rotatable bonds is 3. The van der Waals surface area contributed by atoms with Crippen LogP contribution in [0.3, 0.4) is 0 Å². The summed E-state index contributed by atoms with van der Waals surface area (Å²) in [4.78, 5) is 36.2. The highest BCUT2D eigenvalue weighted by Gasteiger charge is 2.38. The zero-order valence-corrected chi connectivity index (χ0v) is 17.0. The van der Waals surface area contributed by atoms with E-state index in [1.54, 1.807) is 34.5 Å². The molecule has 1 amide bonds. The summed E-state index contributed by atoms with van der Waals surface area (Å²) in [5.74, 6) is 0.144. The first-order chi connectivity index (χ1) is 15.7. The van der Waals surface area contributed by atoms with Crippen LogP contribution in [0.4, 0.5) is 0 Å². The zero-order chi connectivity index (χ0) is 21.7. The van der Waals surface area contributed by atoms with E-state index >= 15 is 0 Å². The lowest BCUT2D eigenvalue weighted by Gasteiger charge is -2.32. The van der Waals surface area contributed by atoms with Crippen LogP contribution in [0.2, 0.25) is 0 Å². The summed E-state index contributed by atoms with van der Waals surface area (Å²) < 4.78 is 7.43. The van der Waals surface area contributed by atoms with E-state index < -0.39 is 11.9 Å². The second-order valence-corrected chi connectivity index (χ2v) is 7.54. The standard InChI is InChI=1S/C21H17N9O2/c1-29-9-15(25-11-29)19-27-28-20(32-19)21(31)30-7-6-14-16(24-10-23-14)17(30)18-22-8-12-4-2-3-5-13(12)26-18/h2-5,8-11,17H,6-7H2,1H3,(H,23,24)/t17-/m1/s1. The summed E-state index contributed by atoms with van der Waals surface area (Å²) >= 11 is 0.